The van der Waals surface area contributed by atoms with Crippen LogP contribution in [0.25, 0.3) is 0 Å². The average Bonchev–Trinajstić information content (AvgIpc) is 2.46. The number of rotatable bonds is 8. The van der Waals surface area contributed by atoms with E-state index >= 15 is 0 Å². The molecule has 4 nitrogen and oxygen atoms in total. The van der Waals surface area contributed by atoms with E-state index in [4.69, 9.17) is 15.2 Å². The van der Waals surface area contributed by atoms with E-state index in [1.165, 1.54) is 0 Å². The number of hydrogen-bond acceptors (Lipinski definition) is 4. The first-order valence-electron chi connectivity index (χ1n) is 7.26. The highest BCUT2D eigenvalue weighted by atomic mass is 16.5. The summed E-state index contributed by atoms with van der Waals surface area (Å²) in [6.45, 7) is 8.20. The molecule has 4 heteroatoms. The van der Waals surface area contributed by atoms with Crippen molar-refractivity contribution in [3.63, 3.8) is 0 Å². The molecule has 0 saturated carbocycles. The standard InChI is InChI=1S/C16H28N2O2/c1-6-7-18(12(2)3)16(11-17)13-8-14(19-4)10-15(9-13)20-5/h8-10,12,16H,6-7,11,17H2,1-5H3. The molecule has 0 aromatic heterocycles. The molecule has 1 atom stereocenters. The van der Waals surface area contributed by atoms with E-state index in [1.54, 1.807) is 14.2 Å². The molecule has 0 aliphatic carbocycles. The van der Waals surface area contributed by atoms with Gasteiger partial charge in [0.2, 0.25) is 0 Å². The third kappa shape index (κ3) is 4.12. The van der Waals surface area contributed by atoms with Crippen LogP contribution in [0.5, 0.6) is 11.5 Å². The largest absolute Gasteiger partial charge is 0.497 e. The van der Waals surface area contributed by atoms with E-state index in [1.807, 2.05) is 18.2 Å². The lowest BCUT2D eigenvalue weighted by Gasteiger charge is -2.34. The van der Waals surface area contributed by atoms with Crippen molar-refractivity contribution in [2.75, 3.05) is 27.3 Å². The SMILES string of the molecule is CCCN(C(C)C)C(CN)c1cc(OC)cc(OC)c1. The molecule has 0 aliphatic heterocycles. The lowest BCUT2D eigenvalue weighted by molar-refractivity contribution is 0.157. The van der Waals surface area contributed by atoms with Gasteiger partial charge in [0.25, 0.3) is 0 Å². The van der Waals surface area contributed by atoms with Gasteiger partial charge in [-0.3, -0.25) is 4.90 Å². The van der Waals surface area contributed by atoms with Gasteiger partial charge in [-0.2, -0.15) is 0 Å². The van der Waals surface area contributed by atoms with Gasteiger partial charge in [0.05, 0.1) is 14.2 Å². The Morgan fingerprint density at radius 3 is 2.00 bits per heavy atom. The molecule has 0 saturated heterocycles. The fraction of sp³-hybridized carbons (Fsp3) is 0.625. The van der Waals surface area contributed by atoms with Crippen LogP contribution in [0.2, 0.25) is 0 Å². The summed E-state index contributed by atoms with van der Waals surface area (Å²) in [7, 11) is 3.34. The molecule has 20 heavy (non-hydrogen) atoms. The van der Waals surface area contributed by atoms with Gasteiger partial charge in [-0.25, -0.2) is 0 Å². The van der Waals surface area contributed by atoms with Crippen LogP contribution < -0.4 is 15.2 Å². The van der Waals surface area contributed by atoms with Gasteiger partial charge in [-0.1, -0.05) is 6.92 Å². The van der Waals surface area contributed by atoms with E-state index in [0.29, 0.717) is 12.6 Å². The Morgan fingerprint density at radius 2 is 1.65 bits per heavy atom. The Hall–Kier alpha value is -1.26. The zero-order valence-corrected chi connectivity index (χ0v) is 13.3. The predicted molar refractivity (Wildman–Crippen MR) is 83.5 cm³/mol. The molecule has 0 heterocycles. The van der Waals surface area contributed by atoms with Gasteiger partial charge in [0.1, 0.15) is 11.5 Å². The zero-order valence-electron chi connectivity index (χ0n) is 13.3. The van der Waals surface area contributed by atoms with E-state index in [2.05, 4.69) is 25.7 Å². The first kappa shape index (κ1) is 16.8. The fourth-order valence-corrected chi connectivity index (χ4v) is 2.52. The van der Waals surface area contributed by atoms with Gasteiger partial charge < -0.3 is 15.2 Å². The summed E-state index contributed by atoms with van der Waals surface area (Å²) in [4.78, 5) is 2.42. The van der Waals surface area contributed by atoms with Crippen molar-refractivity contribution in [3.8, 4) is 11.5 Å². The maximum Gasteiger partial charge on any atom is 0.122 e. The second-order valence-electron chi connectivity index (χ2n) is 5.23. The number of nitrogens with two attached hydrogens (primary N) is 1. The fourth-order valence-electron chi connectivity index (χ4n) is 2.52. The average molecular weight is 280 g/mol. The molecule has 2 N–H and O–H groups in total. The van der Waals surface area contributed by atoms with Crippen molar-refractivity contribution in [2.24, 2.45) is 5.73 Å². The highest BCUT2D eigenvalue weighted by molar-refractivity contribution is 5.40. The molecule has 1 unspecified atom stereocenters. The molecule has 0 spiro atoms. The number of methoxy groups -OCH3 is 2. The molecule has 114 valence electrons. The summed E-state index contributed by atoms with van der Waals surface area (Å²) in [5, 5.41) is 0. The van der Waals surface area contributed by atoms with Gasteiger partial charge in [0, 0.05) is 24.7 Å². The van der Waals surface area contributed by atoms with E-state index in [0.717, 1.165) is 30.0 Å². The molecule has 0 bridgehead atoms. The Bertz CT molecular complexity index is 385. The van der Waals surface area contributed by atoms with E-state index in [9.17, 15) is 0 Å². The highest BCUT2D eigenvalue weighted by Crippen LogP contribution is 2.30. The molecule has 1 aromatic carbocycles. The van der Waals surface area contributed by atoms with Crippen LogP contribution in [0.3, 0.4) is 0 Å². The van der Waals surface area contributed by atoms with Crippen molar-refractivity contribution in [1.29, 1.82) is 0 Å². The molecular formula is C16H28N2O2. The van der Waals surface area contributed by atoms with Crippen molar-refractivity contribution < 1.29 is 9.47 Å². The topological polar surface area (TPSA) is 47.7 Å². The molecule has 0 aliphatic rings. The van der Waals surface area contributed by atoms with Crippen LogP contribution in [-0.4, -0.2) is 38.3 Å². The third-order valence-electron chi connectivity index (χ3n) is 3.53. The molecule has 1 rings (SSSR count). The van der Waals surface area contributed by atoms with Crippen LogP contribution in [0, 0.1) is 0 Å². The van der Waals surface area contributed by atoms with Gasteiger partial charge >= 0.3 is 0 Å². The Kier molecular flexibility index (Phi) is 6.82. The molecule has 0 fully saturated rings. The summed E-state index contributed by atoms with van der Waals surface area (Å²) in [6.07, 6.45) is 1.11. The van der Waals surface area contributed by atoms with E-state index in [-0.39, 0.29) is 6.04 Å². The number of hydrogen-bond donors (Lipinski definition) is 1. The minimum Gasteiger partial charge on any atom is -0.497 e. The van der Waals surface area contributed by atoms with Crippen molar-refractivity contribution >= 4 is 0 Å². The molecule has 0 amide bonds. The van der Waals surface area contributed by atoms with Crippen LogP contribution >= 0.6 is 0 Å². The molecule has 0 radical (unpaired) electrons. The minimum absolute atomic E-state index is 0.180. The third-order valence-corrected chi connectivity index (χ3v) is 3.53. The van der Waals surface area contributed by atoms with Crippen LogP contribution in [0.4, 0.5) is 0 Å². The lowest BCUT2D eigenvalue weighted by Crippen LogP contribution is -2.39. The number of benzene rings is 1. The zero-order chi connectivity index (χ0) is 15.1. The van der Waals surface area contributed by atoms with Crippen molar-refractivity contribution in [3.05, 3.63) is 23.8 Å². The van der Waals surface area contributed by atoms with Gasteiger partial charge in [-0.05, 0) is 44.5 Å². The molecule has 1 aromatic rings. The van der Waals surface area contributed by atoms with Gasteiger partial charge in [0.15, 0.2) is 0 Å². The minimum atomic E-state index is 0.180. The first-order valence-corrected chi connectivity index (χ1v) is 7.26. The Morgan fingerprint density at radius 1 is 1.10 bits per heavy atom. The van der Waals surface area contributed by atoms with Crippen LogP contribution in [0.1, 0.15) is 38.8 Å². The lowest BCUT2D eigenvalue weighted by atomic mass is 10.0. The summed E-state index contributed by atoms with van der Waals surface area (Å²) in [6, 6.07) is 6.60. The Labute approximate surface area is 122 Å². The monoisotopic (exact) mass is 280 g/mol. The van der Waals surface area contributed by atoms with Crippen molar-refractivity contribution in [1.82, 2.24) is 4.90 Å². The van der Waals surface area contributed by atoms with Crippen LogP contribution in [0.15, 0.2) is 18.2 Å². The van der Waals surface area contributed by atoms with Crippen molar-refractivity contribution in [2.45, 2.75) is 39.3 Å². The Balaban J connectivity index is 3.15. The van der Waals surface area contributed by atoms with Gasteiger partial charge in [-0.15, -0.1) is 0 Å². The number of ether oxygens (including phenoxy) is 2. The first-order chi connectivity index (χ1) is 9.57. The summed E-state index contributed by atoms with van der Waals surface area (Å²) in [5.41, 5.74) is 7.18. The quantitative estimate of drug-likeness (QED) is 0.795. The summed E-state index contributed by atoms with van der Waals surface area (Å²) >= 11 is 0. The van der Waals surface area contributed by atoms with Crippen LogP contribution in [-0.2, 0) is 0 Å². The highest BCUT2D eigenvalue weighted by Gasteiger charge is 2.22. The number of nitrogens with zero attached hydrogens (tertiary/aromatic N) is 1. The maximum atomic E-state index is 6.03. The summed E-state index contributed by atoms with van der Waals surface area (Å²) < 4.78 is 10.7. The normalized spacial score (nSPS) is 12.8. The predicted octanol–water partition coefficient (Wildman–Crippen LogP) is 2.82. The molecular weight excluding hydrogens is 252 g/mol. The smallest absolute Gasteiger partial charge is 0.122 e. The second kappa shape index (κ2) is 8.12. The summed E-state index contributed by atoms with van der Waals surface area (Å²) in [5.74, 6) is 1.61. The maximum absolute atomic E-state index is 6.03. The second-order valence-corrected chi connectivity index (χ2v) is 5.23. The van der Waals surface area contributed by atoms with E-state index < -0.39 is 0 Å².